The molecule has 3 saturated heterocycles. The molecule has 40 heavy (non-hydrogen) atoms. The van der Waals surface area contributed by atoms with Crippen LogP contribution in [0, 0.1) is 25.7 Å². The van der Waals surface area contributed by atoms with Crippen LogP contribution in [-0.4, -0.2) is 64.2 Å². The van der Waals surface area contributed by atoms with Crippen LogP contribution < -0.4 is 10.6 Å². The fourth-order valence-corrected chi connectivity index (χ4v) is 7.31. The van der Waals surface area contributed by atoms with E-state index in [2.05, 4.69) is 10.6 Å². The summed E-state index contributed by atoms with van der Waals surface area (Å²) in [6.45, 7) is 8.05. The van der Waals surface area contributed by atoms with E-state index in [1.807, 2.05) is 76.2 Å². The predicted octanol–water partition coefficient (Wildman–Crippen LogP) is 3.53. The van der Waals surface area contributed by atoms with E-state index in [0.717, 1.165) is 23.1 Å². The minimum absolute atomic E-state index is 0.192. The van der Waals surface area contributed by atoms with Crippen molar-refractivity contribution in [3.05, 3.63) is 65.2 Å². The van der Waals surface area contributed by atoms with Gasteiger partial charge in [0.25, 0.3) is 0 Å². The third-order valence-electron chi connectivity index (χ3n) is 9.27. The molecule has 6 atom stereocenters. The first kappa shape index (κ1) is 28.3. The number of carbonyl (C=O) groups excluding carboxylic acids is 3. The maximum Gasteiger partial charge on any atom is 0.250 e. The lowest BCUT2D eigenvalue weighted by atomic mass is 9.65. The van der Waals surface area contributed by atoms with Crippen molar-refractivity contribution >= 4 is 23.4 Å². The van der Waals surface area contributed by atoms with E-state index in [9.17, 15) is 19.5 Å². The van der Waals surface area contributed by atoms with Gasteiger partial charge in [0.1, 0.15) is 11.6 Å². The van der Waals surface area contributed by atoms with E-state index in [1.165, 1.54) is 0 Å². The van der Waals surface area contributed by atoms with Crippen molar-refractivity contribution in [2.75, 3.05) is 18.5 Å². The maximum atomic E-state index is 14.5. The van der Waals surface area contributed by atoms with Crippen LogP contribution in [0.15, 0.2) is 48.5 Å². The molecule has 3 N–H and O–H groups in total. The molecule has 214 valence electrons. The molecule has 3 aliphatic heterocycles. The highest BCUT2D eigenvalue weighted by molar-refractivity contribution is 6.04. The topological polar surface area (TPSA) is 108 Å². The smallest absolute Gasteiger partial charge is 0.250 e. The van der Waals surface area contributed by atoms with E-state index < -0.39 is 35.1 Å². The standard InChI is InChI=1S/C32H41N3O5/c1-5-16-33-28(37)25-26-30(39)35(23(19-36)18-22-10-8-7-9-11-22)27(32(26)15-14-31(25,6-2)40-32)29(38)34-24-17-20(3)12-13-21(24)4/h7-13,17,23,25-27,36H,5-6,14-16,18-19H2,1-4H3,(H,33,37)(H,34,38)/t23-,25-,26+,27?,31+,32?/m1/s1. The summed E-state index contributed by atoms with van der Waals surface area (Å²) in [6, 6.07) is 13.9. The van der Waals surface area contributed by atoms with Crippen molar-refractivity contribution in [2.45, 2.75) is 83.1 Å². The van der Waals surface area contributed by atoms with Gasteiger partial charge in [-0.15, -0.1) is 0 Å². The number of hydrogen-bond acceptors (Lipinski definition) is 5. The molecule has 8 heteroatoms. The number of amides is 3. The molecule has 1 spiro atoms. The Kier molecular flexibility index (Phi) is 7.77. The van der Waals surface area contributed by atoms with Crippen LogP contribution in [0.2, 0.25) is 0 Å². The van der Waals surface area contributed by atoms with Gasteiger partial charge in [0.2, 0.25) is 17.7 Å². The SMILES string of the molecule is CCCNC(=O)[C@H]1[C@H]2C(=O)N([C@@H](CO)Cc3ccccc3)C(C(=O)Nc3cc(C)ccc3C)C23CC[C@]1(CC)O3. The summed E-state index contributed by atoms with van der Waals surface area (Å²) in [5, 5.41) is 16.7. The summed E-state index contributed by atoms with van der Waals surface area (Å²) in [7, 11) is 0. The number of anilines is 1. The minimum Gasteiger partial charge on any atom is -0.394 e. The van der Waals surface area contributed by atoms with Gasteiger partial charge in [-0.2, -0.15) is 0 Å². The predicted molar refractivity (Wildman–Crippen MR) is 153 cm³/mol. The summed E-state index contributed by atoms with van der Waals surface area (Å²) in [6.07, 6.45) is 2.83. The molecule has 5 rings (SSSR count). The number of aliphatic hydroxyl groups excluding tert-OH is 1. The Balaban J connectivity index is 1.59. The number of hydrogen-bond donors (Lipinski definition) is 3. The second kappa shape index (κ2) is 11.0. The van der Waals surface area contributed by atoms with Gasteiger partial charge in [-0.25, -0.2) is 0 Å². The van der Waals surface area contributed by atoms with Crippen molar-refractivity contribution in [3.63, 3.8) is 0 Å². The molecule has 0 radical (unpaired) electrons. The van der Waals surface area contributed by atoms with Crippen LogP contribution in [0.5, 0.6) is 0 Å². The number of fused-ring (bicyclic) bond motifs is 1. The van der Waals surface area contributed by atoms with Crippen molar-refractivity contribution < 1.29 is 24.2 Å². The van der Waals surface area contributed by atoms with Crippen molar-refractivity contribution in [2.24, 2.45) is 11.8 Å². The number of likely N-dealkylation sites (tertiary alicyclic amines) is 1. The molecule has 0 saturated carbocycles. The first-order chi connectivity index (χ1) is 19.2. The number of nitrogens with zero attached hydrogens (tertiary/aromatic N) is 1. The summed E-state index contributed by atoms with van der Waals surface area (Å²) >= 11 is 0. The fraction of sp³-hybridized carbons (Fsp3) is 0.531. The largest absolute Gasteiger partial charge is 0.394 e. The molecule has 2 unspecified atom stereocenters. The van der Waals surface area contributed by atoms with Gasteiger partial charge in [-0.1, -0.05) is 56.3 Å². The number of carbonyl (C=O) groups is 3. The summed E-state index contributed by atoms with van der Waals surface area (Å²) in [5.41, 5.74) is 1.60. The quantitative estimate of drug-likeness (QED) is 0.422. The van der Waals surface area contributed by atoms with Crippen LogP contribution in [-0.2, 0) is 25.5 Å². The van der Waals surface area contributed by atoms with Gasteiger partial charge in [-0.3, -0.25) is 14.4 Å². The zero-order valence-electron chi connectivity index (χ0n) is 23.9. The monoisotopic (exact) mass is 547 g/mol. The highest BCUT2D eigenvalue weighted by Gasteiger charge is 2.79. The number of nitrogens with one attached hydrogen (secondary N) is 2. The van der Waals surface area contributed by atoms with Gasteiger partial charge in [0, 0.05) is 12.2 Å². The maximum absolute atomic E-state index is 14.5. The van der Waals surface area contributed by atoms with Gasteiger partial charge < -0.3 is 25.4 Å². The zero-order chi connectivity index (χ0) is 28.7. The molecule has 3 heterocycles. The van der Waals surface area contributed by atoms with Crippen LogP contribution in [0.25, 0.3) is 0 Å². The number of aryl methyl sites for hydroxylation is 2. The molecule has 2 aromatic rings. The summed E-state index contributed by atoms with van der Waals surface area (Å²) in [5.74, 6) is -2.32. The second-order valence-electron chi connectivity index (χ2n) is 11.7. The average Bonchev–Trinajstić information content (AvgIpc) is 3.56. The van der Waals surface area contributed by atoms with Gasteiger partial charge in [-0.05, 0) is 68.7 Å². The van der Waals surface area contributed by atoms with E-state index in [-0.39, 0.29) is 24.3 Å². The number of rotatable bonds is 10. The zero-order valence-corrected chi connectivity index (χ0v) is 23.9. The number of benzene rings is 2. The van der Waals surface area contributed by atoms with Gasteiger partial charge >= 0.3 is 0 Å². The molecule has 3 fully saturated rings. The Morgan fingerprint density at radius 2 is 1.85 bits per heavy atom. The molecular formula is C32H41N3O5. The van der Waals surface area contributed by atoms with Crippen molar-refractivity contribution in [3.8, 4) is 0 Å². The lowest BCUT2D eigenvalue weighted by Crippen LogP contribution is -2.57. The highest BCUT2D eigenvalue weighted by atomic mass is 16.5. The van der Waals surface area contributed by atoms with Gasteiger partial charge in [0.15, 0.2) is 0 Å². The first-order valence-corrected chi connectivity index (χ1v) is 14.5. The minimum atomic E-state index is -1.15. The molecule has 3 amide bonds. The lowest BCUT2D eigenvalue weighted by Gasteiger charge is -2.37. The molecule has 0 aromatic heterocycles. The Hall–Kier alpha value is -3.23. The Morgan fingerprint density at radius 1 is 1.10 bits per heavy atom. The molecule has 8 nitrogen and oxygen atoms in total. The van der Waals surface area contributed by atoms with Crippen molar-refractivity contribution in [1.29, 1.82) is 0 Å². The third-order valence-corrected chi connectivity index (χ3v) is 9.27. The fourth-order valence-electron chi connectivity index (χ4n) is 7.31. The van der Waals surface area contributed by atoms with E-state index >= 15 is 0 Å². The molecule has 2 aromatic carbocycles. The second-order valence-corrected chi connectivity index (χ2v) is 11.7. The van der Waals surface area contributed by atoms with E-state index in [4.69, 9.17) is 4.74 Å². The number of aliphatic hydroxyl groups is 1. The Labute approximate surface area is 236 Å². The van der Waals surface area contributed by atoms with Crippen LogP contribution in [0.1, 0.15) is 56.2 Å². The first-order valence-electron chi connectivity index (χ1n) is 14.5. The molecule has 0 aliphatic carbocycles. The Bertz CT molecular complexity index is 1280. The summed E-state index contributed by atoms with van der Waals surface area (Å²) < 4.78 is 6.84. The molecule has 3 aliphatic rings. The van der Waals surface area contributed by atoms with Crippen molar-refractivity contribution in [1.82, 2.24) is 10.2 Å². The van der Waals surface area contributed by atoms with E-state index in [0.29, 0.717) is 37.9 Å². The highest BCUT2D eigenvalue weighted by Crippen LogP contribution is 2.64. The van der Waals surface area contributed by atoms with Crippen LogP contribution in [0.3, 0.4) is 0 Å². The third kappa shape index (κ3) is 4.51. The molecular weight excluding hydrogens is 506 g/mol. The van der Waals surface area contributed by atoms with Crippen LogP contribution >= 0.6 is 0 Å². The normalized spacial score (nSPS) is 29.4. The van der Waals surface area contributed by atoms with E-state index in [1.54, 1.807) is 4.90 Å². The van der Waals surface area contributed by atoms with Gasteiger partial charge in [0.05, 0.1) is 30.1 Å². The lowest BCUT2D eigenvalue weighted by molar-refractivity contribution is -0.149. The number of ether oxygens (including phenoxy) is 1. The summed E-state index contributed by atoms with van der Waals surface area (Å²) in [4.78, 5) is 43.9. The Morgan fingerprint density at radius 3 is 2.52 bits per heavy atom. The molecule has 2 bridgehead atoms. The average molecular weight is 548 g/mol. The van der Waals surface area contributed by atoms with Crippen LogP contribution in [0.4, 0.5) is 5.69 Å².